The van der Waals surface area contributed by atoms with Crippen molar-refractivity contribution in [3.8, 4) is 0 Å². The van der Waals surface area contributed by atoms with Crippen molar-refractivity contribution in [2.75, 3.05) is 18.6 Å². The van der Waals surface area contributed by atoms with Gasteiger partial charge in [0.25, 0.3) is 0 Å². The van der Waals surface area contributed by atoms with Crippen LogP contribution in [0.25, 0.3) is 0 Å². The third-order valence-corrected chi connectivity index (χ3v) is 2.00. The Hall–Kier alpha value is -0.957. The molecule has 1 aliphatic heterocycles. The first-order valence-corrected chi connectivity index (χ1v) is 4.19. The largest absolute Gasteiger partial charge is 2.00 e. The molecular formula is C11H12F2N2Rh. The Morgan fingerprint density at radius 2 is 2.00 bits per heavy atom. The maximum Gasteiger partial charge on any atom is 2.00 e. The van der Waals surface area contributed by atoms with E-state index in [1.807, 2.05) is 18.1 Å². The maximum atomic E-state index is 13.3. The molecule has 1 radical (unpaired) electrons. The summed E-state index contributed by atoms with van der Waals surface area (Å²) in [5.41, 5.74) is 0.270. The van der Waals surface area contributed by atoms with E-state index in [9.17, 15) is 8.78 Å². The minimum absolute atomic E-state index is 0. The maximum absolute atomic E-state index is 13.3. The molecule has 0 saturated heterocycles. The van der Waals surface area contributed by atoms with E-state index in [0.29, 0.717) is 6.67 Å². The van der Waals surface area contributed by atoms with Crippen LogP contribution in [0.5, 0.6) is 0 Å². The predicted octanol–water partition coefficient (Wildman–Crippen LogP) is 2.39. The third-order valence-electron chi connectivity index (χ3n) is 2.00. The number of hydrogen-bond donors (Lipinski definition) is 0. The molecule has 2 rings (SSSR count). The fourth-order valence-electron chi connectivity index (χ4n) is 1.33. The summed E-state index contributed by atoms with van der Waals surface area (Å²) in [6, 6.07) is 4.55. The molecule has 0 aromatic heterocycles. The third kappa shape index (κ3) is 3.02. The van der Waals surface area contributed by atoms with Crippen LogP contribution in [0.2, 0.25) is 0 Å². The van der Waals surface area contributed by atoms with Gasteiger partial charge in [-0.25, -0.2) is 0 Å². The standard InChI is InChI=1S/C10H9F2N2.CH3.Rh/c1-13-4-5-14(7-13)10-3-2-8(11)6-9(10)12;;/h2,4-6H,7H2,1H3;1H3;/q2*-1;+2. The Kier molecular flexibility index (Phi) is 5.59. The predicted molar refractivity (Wildman–Crippen MR) is 55.9 cm³/mol. The summed E-state index contributed by atoms with van der Waals surface area (Å²) >= 11 is 0. The van der Waals surface area contributed by atoms with Crippen LogP contribution in [0, 0.1) is 25.1 Å². The van der Waals surface area contributed by atoms with Gasteiger partial charge in [-0.2, -0.15) is 6.07 Å². The van der Waals surface area contributed by atoms with Gasteiger partial charge in [0.05, 0.1) is 6.67 Å². The van der Waals surface area contributed by atoms with Gasteiger partial charge in [-0.15, -0.1) is 12.1 Å². The summed E-state index contributed by atoms with van der Waals surface area (Å²) in [6.07, 6.45) is 3.55. The van der Waals surface area contributed by atoms with E-state index in [-0.39, 0.29) is 32.6 Å². The number of anilines is 1. The molecule has 0 atom stereocenters. The van der Waals surface area contributed by atoms with E-state index in [2.05, 4.69) is 6.07 Å². The van der Waals surface area contributed by atoms with Crippen LogP contribution in [-0.2, 0) is 19.5 Å². The molecule has 5 heteroatoms. The molecule has 16 heavy (non-hydrogen) atoms. The summed E-state index contributed by atoms with van der Waals surface area (Å²) in [4.78, 5) is 3.55. The molecule has 1 heterocycles. The van der Waals surface area contributed by atoms with Crippen molar-refractivity contribution in [2.24, 2.45) is 0 Å². The first-order valence-electron chi connectivity index (χ1n) is 4.19. The van der Waals surface area contributed by atoms with Gasteiger partial charge in [-0.05, 0) is 5.69 Å². The molecule has 1 aromatic carbocycles. The van der Waals surface area contributed by atoms with Gasteiger partial charge >= 0.3 is 19.5 Å². The van der Waals surface area contributed by atoms with Crippen LogP contribution < -0.4 is 4.90 Å². The Bertz CT molecular complexity index is 382. The van der Waals surface area contributed by atoms with E-state index >= 15 is 0 Å². The van der Waals surface area contributed by atoms with Crippen LogP contribution >= 0.6 is 0 Å². The number of rotatable bonds is 1. The van der Waals surface area contributed by atoms with E-state index in [0.717, 1.165) is 12.1 Å². The summed E-state index contributed by atoms with van der Waals surface area (Å²) in [5, 5.41) is 0. The van der Waals surface area contributed by atoms with E-state index in [4.69, 9.17) is 0 Å². The summed E-state index contributed by atoms with van der Waals surface area (Å²) < 4.78 is 25.9. The summed E-state index contributed by atoms with van der Waals surface area (Å²) in [7, 11) is 1.87. The molecular weight excluding hydrogens is 301 g/mol. The summed E-state index contributed by atoms with van der Waals surface area (Å²) in [5.74, 6) is -1.20. The molecule has 0 unspecified atom stereocenters. The van der Waals surface area contributed by atoms with Gasteiger partial charge in [-0.3, -0.25) is 8.78 Å². The molecule has 0 amide bonds. The molecule has 0 bridgehead atoms. The van der Waals surface area contributed by atoms with Crippen molar-refractivity contribution in [3.63, 3.8) is 0 Å². The molecule has 0 saturated carbocycles. The molecule has 1 aliphatic rings. The molecule has 2 nitrogen and oxygen atoms in total. The minimum Gasteiger partial charge on any atom is -0.361 e. The van der Waals surface area contributed by atoms with Crippen molar-refractivity contribution in [2.45, 2.75) is 0 Å². The zero-order valence-electron chi connectivity index (χ0n) is 9.00. The van der Waals surface area contributed by atoms with Crippen LogP contribution in [0.15, 0.2) is 24.5 Å². The fourth-order valence-corrected chi connectivity index (χ4v) is 1.33. The van der Waals surface area contributed by atoms with E-state index in [1.165, 1.54) is 0 Å². The van der Waals surface area contributed by atoms with Crippen molar-refractivity contribution in [1.29, 1.82) is 0 Å². The van der Waals surface area contributed by atoms with Crippen molar-refractivity contribution in [3.05, 3.63) is 49.7 Å². The quantitative estimate of drug-likeness (QED) is 0.580. The smallest absolute Gasteiger partial charge is 0.361 e. The Balaban J connectivity index is 0.00000112. The van der Waals surface area contributed by atoms with Crippen molar-refractivity contribution in [1.82, 2.24) is 4.90 Å². The second kappa shape index (κ2) is 5.95. The molecule has 0 spiro atoms. The normalized spacial score (nSPS) is 13.4. The number of benzene rings is 1. The number of nitrogens with zero attached hydrogens (tertiary/aromatic N) is 2. The topological polar surface area (TPSA) is 6.48 Å². The van der Waals surface area contributed by atoms with Crippen LogP contribution in [0.3, 0.4) is 0 Å². The second-order valence-electron chi connectivity index (χ2n) is 3.18. The van der Waals surface area contributed by atoms with Crippen molar-refractivity contribution < 1.29 is 28.3 Å². The van der Waals surface area contributed by atoms with E-state index in [1.54, 1.807) is 11.1 Å². The minimum atomic E-state index is -0.609. The molecule has 0 aliphatic carbocycles. The molecule has 89 valence electrons. The molecule has 1 aromatic rings. The van der Waals surface area contributed by atoms with Gasteiger partial charge < -0.3 is 17.2 Å². The Morgan fingerprint density at radius 1 is 1.31 bits per heavy atom. The Labute approximate surface area is 107 Å². The summed E-state index contributed by atoms with van der Waals surface area (Å²) in [6.45, 7) is 0.555. The van der Waals surface area contributed by atoms with Crippen LogP contribution in [0.4, 0.5) is 14.5 Å². The van der Waals surface area contributed by atoms with Gasteiger partial charge in [-0.1, -0.05) is 0 Å². The van der Waals surface area contributed by atoms with Gasteiger partial charge in [0.1, 0.15) is 0 Å². The van der Waals surface area contributed by atoms with Gasteiger partial charge in [0, 0.05) is 31.1 Å². The second-order valence-corrected chi connectivity index (χ2v) is 3.18. The molecule has 0 fully saturated rings. The first kappa shape index (κ1) is 15.0. The van der Waals surface area contributed by atoms with Crippen molar-refractivity contribution >= 4 is 5.69 Å². The van der Waals surface area contributed by atoms with E-state index < -0.39 is 11.6 Å². The fraction of sp³-hybridized carbons (Fsp3) is 0.182. The zero-order valence-corrected chi connectivity index (χ0v) is 10.6. The van der Waals surface area contributed by atoms with Gasteiger partial charge in [0.15, 0.2) is 0 Å². The Morgan fingerprint density at radius 3 is 2.50 bits per heavy atom. The molecule has 0 N–H and O–H groups in total. The average molecular weight is 313 g/mol. The SMILES string of the molecule is CN1C=CN(c2[c-]cc(F)cc2F)C1.[CH3-].[Rh+2]. The average Bonchev–Trinajstić information content (AvgIpc) is 2.51. The number of halogens is 2. The number of hydrogen-bond acceptors (Lipinski definition) is 2. The monoisotopic (exact) mass is 313 g/mol. The van der Waals surface area contributed by atoms with Crippen LogP contribution in [-0.4, -0.2) is 18.6 Å². The zero-order chi connectivity index (χ0) is 10.1. The van der Waals surface area contributed by atoms with Gasteiger partial charge in [0.2, 0.25) is 0 Å². The first-order chi connectivity index (χ1) is 6.66. The van der Waals surface area contributed by atoms with Crippen LogP contribution in [0.1, 0.15) is 0 Å².